The van der Waals surface area contributed by atoms with Crippen molar-refractivity contribution in [3.8, 4) is 0 Å². The largest absolute Gasteiger partial charge is 0.458 e. The van der Waals surface area contributed by atoms with Crippen molar-refractivity contribution >= 4 is 34.9 Å². The zero-order valence-corrected chi connectivity index (χ0v) is 19.3. The molecule has 0 aliphatic carbocycles. The third-order valence-corrected chi connectivity index (χ3v) is 4.85. The van der Waals surface area contributed by atoms with E-state index in [4.69, 9.17) is 32.9 Å². The summed E-state index contributed by atoms with van der Waals surface area (Å²) in [6.07, 6.45) is 0.318. The quantitative estimate of drug-likeness (QED) is 0.304. The molecule has 0 bridgehead atoms. The first-order valence-electron chi connectivity index (χ1n) is 10.1. The van der Waals surface area contributed by atoms with Crippen LogP contribution in [0.1, 0.15) is 37.5 Å². The summed E-state index contributed by atoms with van der Waals surface area (Å²) in [6.45, 7) is 5.53. The number of ether oxygens (including phenoxy) is 1. The minimum Gasteiger partial charge on any atom is -0.458 e. The molecule has 3 nitrogen and oxygen atoms in total. The third-order valence-electron chi connectivity index (χ3n) is 4.41. The molecule has 0 fully saturated rings. The van der Waals surface area contributed by atoms with Gasteiger partial charge in [0.15, 0.2) is 6.04 Å². The third kappa shape index (κ3) is 6.95. The van der Waals surface area contributed by atoms with Crippen molar-refractivity contribution in [3.63, 3.8) is 0 Å². The van der Waals surface area contributed by atoms with Crippen LogP contribution in [-0.4, -0.2) is 23.3 Å². The van der Waals surface area contributed by atoms with Gasteiger partial charge in [0.1, 0.15) is 5.60 Å². The summed E-state index contributed by atoms with van der Waals surface area (Å²) in [5.41, 5.74) is 2.76. The lowest BCUT2D eigenvalue weighted by Crippen LogP contribution is -2.33. The molecule has 0 saturated heterocycles. The minimum atomic E-state index is -0.760. The van der Waals surface area contributed by atoms with Crippen LogP contribution in [0.5, 0.6) is 0 Å². The molecule has 0 aliphatic heterocycles. The SMILES string of the molecule is CC(C)(C)OC(=O)[C@@H](Cc1cc(Cl)cc(Cl)c1)N=C(c1ccccc1)c1ccccc1. The Morgan fingerprint density at radius 1 is 0.871 bits per heavy atom. The van der Waals surface area contributed by atoms with Crippen LogP contribution in [0.2, 0.25) is 10.0 Å². The van der Waals surface area contributed by atoms with Crippen LogP contribution < -0.4 is 0 Å². The first kappa shape index (κ1) is 23.1. The number of nitrogens with zero attached hydrogens (tertiary/aromatic N) is 1. The molecule has 0 amide bonds. The van der Waals surface area contributed by atoms with Crippen LogP contribution in [0.15, 0.2) is 83.9 Å². The Kier molecular flexibility index (Phi) is 7.53. The molecule has 0 aromatic heterocycles. The number of esters is 1. The van der Waals surface area contributed by atoms with Gasteiger partial charge in [0, 0.05) is 27.6 Å². The van der Waals surface area contributed by atoms with Gasteiger partial charge in [0.05, 0.1) is 5.71 Å². The van der Waals surface area contributed by atoms with Crippen molar-refractivity contribution in [2.45, 2.75) is 38.8 Å². The normalized spacial score (nSPS) is 12.2. The predicted octanol–water partition coefficient (Wildman–Crippen LogP) is 6.78. The Morgan fingerprint density at radius 3 is 1.81 bits per heavy atom. The molecule has 5 heteroatoms. The zero-order valence-electron chi connectivity index (χ0n) is 17.8. The van der Waals surface area contributed by atoms with Crippen LogP contribution in [0.25, 0.3) is 0 Å². The van der Waals surface area contributed by atoms with Crippen LogP contribution in [0.3, 0.4) is 0 Å². The Bertz CT molecular complexity index is 996. The number of benzene rings is 3. The highest BCUT2D eigenvalue weighted by Crippen LogP contribution is 2.23. The van der Waals surface area contributed by atoms with Crippen LogP contribution in [0, 0.1) is 0 Å². The predicted molar refractivity (Wildman–Crippen MR) is 128 cm³/mol. The summed E-state index contributed by atoms with van der Waals surface area (Å²) < 4.78 is 5.69. The molecule has 160 valence electrons. The summed E-state index contributed by atoms with van der Waals surface area (Å²) >= 11 is 12.4. The second-order valence-electron chi connectivity index (χ2n) is 8.24. The summed E-state index contributed by atoms with van der Waals surface area (Å²) in [7, 11) is 0. The van der Waals surface area contributed by atoms with Gasteiger partial charge in [-0.2, -0.15) is 0 Å². The van der Waals surface area contributed by atoms with E-state index in [9.17, 15) is 4.79 Å². The summed E-state index contributed by atoms with van der Waals surface area (Å²) in [5, 5.41) is 1.03. The van der Waals surface area contributed by atoms with E-state index in [2.05, 4.69) is 0 Å². The van der Waals surface area contributed by atoms with Gasteiger partial charge in [-0.25, -0.2) is 4.79 Å². The highest BCUT2D eigenvalue weighted by atomic mass is 35.5. The molecular formula is C26H25Cl2NO2. The van der Waals surface area contributed by atoms with E-state index >= 15 is 0 Å². The number of hydrogen-bond donors (Lipinski definition) is 0. The number of carbonyl (C=O) groups excluding carboxylic acids is 1. The van der Waals surface area contributed by atoms with Crippen molar-refractivity contribution < 1.29 is 9.53 Å². The maximum Gasteiger partial charge on any atom is 0.331 e. The molecule has 0 unspecified atom stereocenters. The van der Waals surface area contributed by atoms with Crippen molar-refractivity contribution in [2.75, 3.05) is 0 Å². The van der Waals surface area contributed by atoms with Crippen LogP contribution >= 0.6 is 23.2 Å². The van der Waals surface area contributed by atoms with Crippen molar-refractivity contribution in [2.24, 2.45) is 4.99 Å². The Hall–Kier alpha value is -2.62. The van der Waals surface area contributed by atoms with E-state index in [0.717, 1.165) is 22.4 Å². The molecule has 31 heavy (non-hydrogen) atoms. The van der Waals surface area contributed by atoms with Gasteiger partial charge < -0.3 is 4.74 Å². The van der Waals surface area contributed by atoms with Gasteiger partial charge in [-0.05, 0) is 44.5 Å². The lowest BCUT2D eigenvalue weighted by atomic mass is 10.0. The fourth-order valence-electron chi connectivity index (χ4n) is 3.17. The van der Waals surface area contributed by atoms with Gasteiger partial charge in [0.25, 0.3) is 0 Å². The van der Waals surface area contributed by atoms with Gasteiger partial charge in [-0.3, -0.25) is 4.99 Å². The number of hydrogen-bond acceptors (Lipinski definition) is 3. The summed E-state index contributed by atoms with van der Waals surface area (Å²) in [4.78, 5) is 18.0. The number of halogens is 2. The van der Waals surface area contributed by atoms with E-state index < -0.39 is 17.6 Å². The molecule has 0 heterocycles. The van der Waals surface area contributed by atoms with Crippen molar-refractivity contribution in [1.82, 2.24) is 0 Å². The van der Waals surface area contributed by atoms with E-state index in [-0.39, 0.29) is 0 Å². The Labute approximate surface area is 193 Å². The fraction of sp³-hybridized carbons (Fsp3) is 0.231. The van der Waals surface area contributed by atoms with Gasteiger partial charge in [0.2, 0.25) is 0 Å². The second-order valence-corrected chi connectivity index (χ2v) is 9.11. The molecule has 0 spiro atoms. The lowest BCUT2D eigenvalue weighted by molar-refractivity contribution is -0.156. The fourth-order valence-corrected chi connectivity index (χ4v) is 3.74. The molecule has 3 aromatic rings. The highest BCUT2D eigenvalue weighted by molar-refractivity contribution is 6.34. The van der Waals surface area contributed by atoms with E-state index in [1.165, 1.54) is 0 Å². The minimum absolute atomic E-state index is 0.318. The molecule has 3 rings (SSSR count). The van der Waals surface area contributed by atoms with E-state index in [0.29, 0.717) is 16.5 Å². The summed E-state index contributed by atoms with van der Waals surface area (Å²) in [6, 6.07) is 24.1. The first-order valence-corrected chi connectivity index (χ1v) is 10.8. The molecule has 0 aliphatic rings. The van der Waals surface area contributed by atoms with Crippen LogP contribution in [-0.2, 0) is 16.0 Å². The molecule has 0 radical (unpaired) electrons. The van der Waals surface area contributed by atoms with Crippen LogP contribution in [0.4, 0.5) is 0 Å². The lowest BCUT2D eigenvalue weighted by Gasteiger charge is -2.23. The smallest absolute Gasteiger partial charge is 0.331 e. The average Bonchev–Trinajstić information content (AvgIpc) is 2.70. The van der Waals surface area contributed by atoms with E-state index in [1.54, 1.807) is 18.2 Å². The standard InChI is InChI=1S/C26H25Cl2NO2/c1-26(2,3)31-25(30)23(16-18-14-21(27)17-22(28)15-18)29-24(19-10-6-4-7-11-19)20-12-8-5-9-13-20/h4-15,17,23H,16H2,1-3H3/t23-/m1/s1. The maximum absolute atomic E-state index is 13.1. The van der Waals surface area contributed by atoms with Gasteiger partial charge >= 0.3 is 5.97 Å². The molecular weight excluding hydrogens is 429 g/mol. The molecule has 0 saturated carbocycles. The number of aliphatic imine (C=N–C) groups is 1. The monoisotopic (exact) mass is 453 g/mol. The van der Waals surface area contributed by atoms with Crippen molar-refractivity contribution in [3.05, 3.63) is 106 Å². The maximum atomic E-state index is 13.1. The Balaban J connectivity index is 2.08. The molecule has 1 atom stereocenters. The zero-order chi connectivity index (χ0) is 22.4. The second kappa shape index (κ2) is 10.1. The number of carbonyl (C=O) groups is 1. The van der Waals surface area contributed by atoms with Crippen molar-refractivity contribution in [1.29, 1.82) is 0 Å². The molecule has 3 aromatic carbocycles. The number of rotatable bonds is 6. The molecule has 0 N–H and O–H groups in total. The average molecular weight is 454 g/mol. The van der Waals surface area contributed by atoms with Gasteiger partial charge in [-0.1, -0.05) is 83.9 Å². The highest BCUT2D eigenvalue weighted by Gasteiger charge is 2.26. The first-order chi connectivity index (χ1) is 14.7. The van der Waals surface area contributed by atoms with E-state index in [1.807, 2.05) is 81.4 Å². The Morgan fingerprint density at radius 2 is 1.35 bits per heavy atom. The topological polar surface area (TPSA) is 38.7 Å². The van der Waals surface area contributed by atoms with Gasteiger partial charge in [-0.15, -0.1) is 0 Å². The summed E-state index contributed by atoms with van der Waals surface area (Å²) in [5.74, 6) is -0.395.